The van der Waals surface area contributed by atoms with Crippen molar-refractivity contribution >= 4 is 5.97 Å². The summed E-state index contributed by atoms with van der Waals surface area (Å²) in [5, 5.41) is 4.44. The molecule has 0 unspecified atom stereocenters. The van der Waals surface area contributed by atoms with Crippen molar-refractivity contribution in [3.63, 3.8) is 0 Å². The van der Waals surface area contributed by atoms with Gasteiger partial charge in [-0.25, -0.2) is 4.79 Å². The monoisotopic (exact) mass is 326 g/mol. The summed E-state index contributed by atoms with van der Waals surface area (Å²) in [5.74, 6) is 0.450. The number of esters is 1. The van der Waals surface area contributed by atoms with Crippen LogP contribution in [0.3, 0.4) is 0 Å². The van der Waals surface area contributed by atoms with E-state index < -0.39 is 0 Å². The number of benzene rings is 1. The van der Waals surface area contributed by atoms with Crippen LogP contribution in [0.2, 0.25) is 0 Å². The molecule has 1 aliphatic rings. The number of carbonyl (C=O) groups is 1. The maximum absolute atomic E-state index is 11.8. The smallest absolute Gasteiger partial charge is 0.341 e. The molecule has 3 rings (SSSR count). The second-order valence-corrected chi connectivity index (χ2v) is 7.02. The van der Waals surface area contributed by atoms with Gasteiger partial charge in [0.1, 0.15) is 0 Å². The Bertz CT molecular complexity index is 670. The van der Waals surface area contributed by atoms with Gasteiger partial charge in [-0.1, -0.05) is 30.3 Å². The summed E-state index contributed by atoms with van der Waals surface area (Å²) in [7, 11) is 0. The first kappa shape index (κ1) is 16.7. The van der Waals surface area contributed by atoms with E-state index in [0.717, 1.165) is 25.2 Å². The molecule has 1 aromatic carbocycles. The van der Waals surface area contributed by atoms with Crippen molar-refractivity contribution in [2.24, 2.45) is 5.92 Å². The molecule has 0 atom stereocenters. The van der Waals surface area contributed by atoms with Gasteiger partial charge >= 0.3 is 5.97 Å². The van der Waals surface area contributed by atoms with Gasteiger partial charge in [0, 0.05) is 6.20 Å². The third kappa shape index (κ3) is 3.69. The Kier molecular flexibility index (Phi) is 5.03. The lowest BCUT2D eigenvalue weighted by Gasteiger charge is -2.37. The number of carbonyl (C=O) groups excluding carboxylic acids is 1. The molecule has 128 valence electrons. The molecule has 4 heteroatoms. The molecule has 0 bridgehead atoms. The molecule has 1 aliphatic carbocycles. The molecule has 0 spiro atoms. The van der Waals surface area contributed by atoms with Gasteiger partial charge in [-0.3, -0.25) is 4.68 Å². The van der Waals surface area contributed by atoms with E-state index in [0.29, 0.717) is 12.2 Å². The molecule has 0 saturated heterocycles. The number of hydrogen-bond acceptors (Lipinski definition) is 3. The van der Waals surface area contributed by atoms with Gasteiger partial charge in [-0.2, -0.15) is 5.10 Å². The Morgan fingerprint density at radius 1 is 1.29 bits per heavy atom. The van der Waals surface area contributed by atoms with Gasteiger partial charge < -0.3 is 4.74 Å². The molecule has 1 aromatic heterocycles. The fourth-order valence-electron chi connectivity index (χ4n) is 3.62. The highest BCUT2D eigenvalue weighted by Gasteiger charge is 2.33. The molecule has 0 amide bonds. The van der Waals surface area contributed by atoms with Crippen molar-refractivity contribution < 1.29 is 9.53 Å². The summed E-state index contributed by atoms with van der Waals surface area (Å²) < 4.78 is 7.02. The molecule has 4 nitrogen and oxygen atoms in total. The predicted molar refractivity (Wildman–Crippen MR) is 93.9 cm³/mol. The van der Waals surface area contributed by atoms with E-state index >= 15 is 0 Å². The number of ether oxygens (including phenoxy) is 1. The average molecular weight is 326 g/mol. The van der Waals surface area contributed by atoms with E-state index in [1.165, 1.54) is 18.4 Å². The highest BCUT2D eigenvalue weighted by molar-refractivity contribution is 5.88. The fraction of sp³-hybridized carbons (Fsp3) is 0.500. The maximum Gasteiger partial charge on any atom is 0.341 e. The Morgan fingerprint density at radius 3 is 2.67 bits per heavy atom. The minimum atomic E-state index is -0.287. The van der Waals surface area contributed by atoms with Crippen LogP contribution in [0.5, 0.6) is 0 Å². The summed E-state index contributed by atoms with van der Waals surface area (Å²) in [6.45, 7) is 4.45. The third-order valence-corrected chi connectivity index (χ3v) is 5.20. The molecular formula is C20H26N2O2. The van der Waals surface area contributed by atoms with Crippen LogP contribution in [0.25, 0.3) is 0 Å². The summed E-state index contributed by atoms with van der Waals surface area (Å²) >= 11 is 0. The quantitative estimate of drug-likeness (QED) is 0.773. The Labute approximate surface area is 143 Å². The van der Waals surface area contributed by atoms with E-state index in [-0.39, 0.29) is 11.5 Å². The van der Waals surface area contributed by atoms with E-state index in [9.17, 15) is 4.79 Å². The minimum absolute atomic E-state index is 0.00205. The van der Waals surface area contributed by atoms with Crippen molar-refractivity contribution in [2.75, 3.05) is 6.61 Å². The zero-order valence-corrected chi connectivity index (χ0v) is 14.6. The zero-order valence-electron chi connectivity index (χ0n) is 14.6. The lowest BCUT2D eigenvalue weighted by Crippen LogP contribution is -2.35. The molecule has 2 aromatic rings. The molecule has 1 heterocycles. The normalized spacial score (nSPS) is 23.8. The van der Waals surface area contributed by atoms with Crippen molar-refractivity contribution in [1.82, 2.24) is 9.78 Å². The number of nitrogens with zero attached hydrogens (tertiary/aromatic N) is 2. The fourth-order valence-corrected chi connectivity index (χ4v) is 3.62. The van der Waals surface area contributed by atoms with Crippen LogP contribution in [0, 0.1) is 5.92 Å². The second kappa shape index (κ2) is 7.20. The standard InChI is InChI=1S/C20H26N2O2/c1-3-24-19(23)18-14-21-22(15-18)20(2)11-9-17(10-12-20)13-16-7-5-4-6-8-16/h4-8,14-15,17H,3,9-13H2,1-2H3. The largest absolute Gasteiger partial charge is 0.462 e. The Balaban J connectivity index is 1.61. The zero-order chi connectivity index (χ0) is 17.0. The van der Waals surface area contributed by atoms with Gasteiger partial charge in [-0.15, -0.1) is 0 Å². The van der Waals surface area contributed by atoms with Gasteiger partial charge in [-0.05, 0) is 57.4 Å². The van der Waals surface area contributed by atoms with E-state index in [1.807, 2.05) is 17.8 Å². The Hall–Kier alpha value is -2.10. The highest BCUT2D eigenvalue weighted by Crippen LogP contribution is 2.38. The van der Waals surface area contributed by atoms with E-state index in [2.05, 4.69) is 42.4 Å². The summed E-state index contributed by atoms with van der Waals surface area (Å²) in [5.41, 5.74) is 1.97. The number of aromatic nitrogens is 2. The van der Waals surface area contributed by atoms with E-state index in [1.54, 1.807) is 6.20 Å². The SMILES string of the molecule is CCOC(=O)c1cnn(C2(C)CCC(Cc3ccccc3)CC2)c1. The van der Waals surface area contributed by atoms with Crippen LogP contribution in [0.1, 0.15) is 55.5 Å². The van der Waals surface area contributed by atoms with Crippen LogP contribution in [-0.2, 0) is 16.7 Å². The predicted octanol–water partition coefficient (Wildman–Crippen LogP) is 4.21. The summed E-state index contributed by atoms with van der Waals surface area (Å²) in [4.78, 5) is 11.8. The van der Waals surface area contributed by atoms with Gasteiger partial charge in [0.2, 0.25) is 0 Å². The van der Waals surface area contributed by atoms with Crippen LogP contribution in [-0.4, -0.2) is 22.4 Å². The van der Waals surface area contributed by atoms with Crippen molar-refractivity contribution in [2.45, 2.75) is 51.5 Å². The number of hydrogen-bond donors (Lipinski definition) is 0. The van der Waals surface area contributed by atoms with Crippen molar-refractivity contribution in [3.8, 4) is 0 Å². The van der Waals surface area contributed by atoms with Crippen LogP contribution in [0.15, 0.2) is 42.7 Å². The highest BCUT2D eigenvalue weighted by atomic mass is 16.5. The first-order chi connectivity index (χ1) is 11.6. The van der Waals surface area contributed by atoms with Gasteiger partial charge in [0.25, 0.3) is 0 Å². The van der Waals surface area contributed by atoms with Crippen LogP contribution in [0.4, 0.5) is 0 Å². The second-order valence-electron chi connectivity index (χ2n) is 7.02. The average Bonchev–Trinajstić information content (AvgIpc) is 3.09. The summed E-state index contributed by atoms with van der Waals surface area (Å²) in [6, 6.07) is 10.7. The van der Waals surface area contributed by atoms with Crippen LogP contribution >= 0.6 is 0 Å². The van der Waals surface area contributed by atoms with Crippen molar-refractivity contribution in [1.29, 1.82) is 0 Å². The molecule has 1 fully saturated rings. The third-order valence-electron chi connectivity index (χ3n) is 5.20. The molecule has 0 N–H and O–H groups in total. The van der Waals surface area contributed by atoms with Crippen molar-refractivity contribution in [3.05, 3.63) is 53.9 Å². The number of rotatable bonds is 5. The molecular weight excluding hydrogens is 300 g/mol. The minimum Gasteiger partial charge on any atom is -0.462 e. The molecule has 1 saturated carbocycles. The molecule has 0 aliphatic heterocycles. The van der Waals surface area contributed by atoms with Crippen LogP contribution < -0.4 is 0 Å². The first-order valence-corrected chi connectivity index (χ1v) is 8.87. The Morgan fingerprint density at radius 2 is 2.00 bits per heavy atom. The lowest BCUT2D eigenvalue weighted by molar-refractivity contribution is 0.0526. The van der Waals surface area contributed by atoms with Gasteiger partial charge in [0.15, 0.2) is 0 Å². The maximum atomic E-state index is 11.8. The lowest BCUT2D eigenvalue weighted by atomic mass is 9.75. The molecule has 0 radical (unpaired) electrons. The molecule has 24 heavy (non-hydrogen) atoms. The first-order valence-electron chi connectivity index (χ1n) is 8.87. The van der Waals surface area contributed by atoms with Gasteiger partial charge in [0.05, 0.1) is 23.9 Å². The van der Waals surface area contributed by atoms with E-state index in [4.69, 9.17) is 4.74 Å². The topological polar surface area (TPSA) is 44.1 Å². The summed E-state index contributed by atoms with van der Waals surface area (Å²) in [6.07, 6.45) is 9.20.